The van der Waals surface area contributed by atoms with Crippen molar-refractivity contribution in [2.45, 2.75) is 0 Å². The summed E-state index contributed by atoms with van der Waals surface area (Å²) in [6.45, 7) is 0. The van der Waals surface area contributed by atoms with E-state index in [-0.39, 0.29) is 106 Å². The second-order valence-corrected chi connectivity index (χ2v) is 0. The van der Waals surface area contributed by atoms with Gasteiger partial charge in [-0.15, -0.1) is 0 Å². The Bertz CT molecular complexity index is 15.2. The molecule has 0 aromatic heterocycles. The Morgan fingerprint density at radius 2 is 0.300 bits per heavy atom. The molecule has 0 aromatic rings. The summed E-state index contributed by atoms with van der Waals surface area (Å²) < 4.78 is 0. The summed E-state index contributed by atoms with van der Waals surface area (Å²) in [7, 11) is 0. The van der Waals surface area contributed by atoms with E-state index in [0.29, 0.717) is 0 Å². The molecule has 0 aliphatic heterocycles. The van der Waals surface area contributed by atoms with Crippen molar-refractivity contribution in [3.05, 3.63) is 0 Å². The van der Waals surface area contributed by atoms with Gasteiger partial charge < -0.3 is 71.5 Å². The third-order valence-electron chi connectivity index (χ3n) is 0. The Balaban J connectivity index is 0. The second kappa shape index (κ2) is 268. The second-order valence-electron chi connectivity index (χ2n) is 0. The molecule has 0 radical (unpaired) electrons. The van der Waals surface area contributed by atoms with E-state index < -0.39 is 0 Å². The van der Waals surface area contributed by atoms with Crippen molar-refractivity contribution in [2.24, 2.45) is 0 Å². The van der Waals surface area contributed by atoms with E-state index in [1.807, 2.05) is 0 Å². The number of halogens is 4. The summed E-state index contributed by atoms with van der Waals surface area (Å²) >= 11 is 0. The van der Waals surface area contributed by atoms with E-state index in [2.05, 4.69) is 0 Å². The topological polar surface area (TPSA) is 126 Å². The SMILES string of the molecule is O.O.O.O.[Cl-].[Cl-].[Cl-].[Cl-].[Fe+2].[Fe+2]. The monoisotopic (exact) mass is 324 g/mol. The van der Waals surface area contributed by atoms with Crippen LogP contribution in [0.25, 0.3) is 0 Å². The van der Waals surface area contributed by atoms with Crippen LogP contribution < -0.4 is 49.6 Å². The first-order valence-electron chi connectivity index (χ1n) is 0. The smallest absolute Gasteiger partial charge is 1.00 e. The number of rotatable bonds is 0. The summed E-state index contributed by atoms with van der Waals surface area (Å²) in [5.41, 5.74) is 0. The fourth-order valence-electron chi connectivity index (χ4n) is 0. The molecule has 0 saturated heterocycles. The van der Waals surface area contributed by atoms with E-state index >= 15 is 0 Å². The zero-order valence-electron chi connectivity index (χ0n) is 4.22. The number of hydrogen-bond donors (Lipinski definition) is 0. The molecule has 0 amide bonds. The van der Waals surface area contributed by atoms with Crippen LogP contribution in [0, 0.1) is 0 Å². The molecule has 0 aromatic carbocycles. The fraction of sp³-hybridized carbons (Fsp3) is 0. The minimum atomic E-state index is 0. The van der Waals surface area contributed by atoms with Crippen molar-refractivity contribution in [3.63, 3.8) is 0 Å². The van der Waals surface area contributed by atoms with E-state index in [1.54, 1.807) is 0 Å². The van der Waals surface area contributed by atoms with Gasteiger partial charge in [-0.2, -0.15) is 0 Å². The van der Waals surface area contributed by atoms with Gasteiger partial charge in [-0.05, 0) is 0 Å². The third kappa shape index (κ3) is 197. The fourth-order valence-corrected chi connectivity index (χ4v) is 0. The Kier molecular flexibility index (Phi) is 9440. The molecule has 0 heterocycles. The van der Waals surface area contributed by atoms with Crippen molar-refractivity contribution < 1.29 is 106 Å². The Hall–Kier alpha value is 2.04. The molecular formula is H8Cl4Fe2O4. The van der Waals surface area contributed by atoms with Gasteiger partial charge in [0.1, 0.15) is 0 Å². The summed E-state index contributed by atoms with van der Waals surface area (Å²) in [6, 6.07) is 0. The van der Waals surface area contributed by atoms with Crippen LogP contribution in [0.1, 0.15) is 0 Å². The molecule has 0 aliphatic rings. The van der Waals surface area contributed by atoms with Crippen molar-refractivity contribution in [2.75, 3.05) is 0 Å². The van der Waals surface area contributed by atoms with E-state index in [1.165, 1.54) is 0 Å². The third-order valence-corrected chi connectivity index (χ3v) is 0. The summed E-state index contributed by atoms with van der Waals surface area (Å²) in [5.74, 6) is 0. The molecule has 0 rings (SSSR count). The molecule has 4 nitrogen and oxygen atoms in total. The van der Waals surface area contributed by atoms with Crippen LogP contribution >= 0.6 is 0 Å². The standard InChI is InChI=1S/4ClH.2Fe.4H2O/h4*1H;;;4*1H2/q;;;;2*+2;;;;/p-4. The van der Waals surface area contributed by atoms with Gasteiger partial charge in [0.2, 0.25) is 0 Å². The zero-order chi connectivity index (χ0) is 0. The van der Waals surface area contributed by atoms with E-state index in [0.717, 1.165) is 0 Å². The predicted octanol–water partition coefficient (Wildman–Crippen LogP) is -15.3. The van der Waals surface area contributed by atoms with Crippen LogP contribution in [0.2, 0.25) is 0 Å². The van der Waals surface area contributed by atoms with E-state index in [9.17, 15) is 0 Å². The molecule has 0 atom stereocenters. The molecule has 0 unspecified atom stereocenters. The van der Waals surface area contributed by atoms with Gasteiger partial charge in [-0.3, -0.25) is 0 Å². The van der Waals surface area contributed by atoms with Crippen LogP contribution in [-0.2, 0) is 34.1 Å². The Morgan fingerprint density at radius 1 is 0.300 bits per heavy atom. The average molecular weight is 326 g/mol. The molecule has 10 heteroatoms. The molecule has 0 aliphatic carbocycles. The van der Waals surface area contributed by atoms with Gasteiger partial charge >= 0.3 is 34.1 Å². The first-order valence-corrected chi connectivity index (χ1v) is 0. The first-order chi connectivity index (χ1) is 0. The van der Waals surface area contributed by atoms with E-state index in [4.69, 9.17) is 0 Å². The molecule has 0 bridgehead atoms. The maximum Gasteiger partial charge on any atom is 2.00 e. The minimum absolute atomic E-state index is 0. The molecule has 8 N–H and O–H groups in total. The van der Waals surface area contributed by atoms with Crippen LogP contribution in [0.15, 0.2) is 0 Å². The summed E-state index contributed by atoms with van der Waals surface area (Å²) in [6.07, 6.45) is 0. The largest absolute Gasteiger partial charge is 2.00 e. The molecule has 0 saturated carbocycles. The van der Waals surface area contributed by atoms with Gasteiger partial charge in [-0.25, -0.2) is 0 Å². The van der Waals surface area contributed by atoms with Crippen LogP contribution in [0.5, 0.6) is 0 Å². The molecule has 76 valence electrons. The summed E-state index contributed by atoms with van der Waals surface area (Å²) in [5, 5.41) is 0. The molecule has 10 heavy (non-hydrogen) atoms. The molecular weight excluding hydrogens is 317 g/mol. The molecule has 0 spiro atoms. The zero-order valence-corrected chi connectivity index (χ0v) is 9.45. The predicted molar refractivity (Wildman–Crippen MR) is 14.5 cm³/mol. The average Bonchev–Trinajstić information content (AvgIpc) is 0. The minimum Gasteiger partial charge on any atom is -1.00 e. The summed E-state index contributed by atoms with van der Waals surface area (Å²) in [4.78, 5) is 0. The van der Waals surface area contributed by atoms with Gasteiger partial charge in [0, 0.05) is 0 Å². The van der Waals surface area contributed by atoms with Crippen LogP contribution in [-0.4, -0.2) is 21.9 Å². The maximum absolute atomic E-state index is 0. The quantitative estimate of drug-likeness (QED) is 0.392. The van der Waals surface area contributed by atoms with Crippen LogP contribution in [0.4, 0.5) is 0 Å². The van der Waals surface area contributed by atoms with Crippen molar-refractivity contribution in [3.8, 4) is 0 Å². The van der Waals surface area contributed by atoms with Crippen molar-refractivity contribution in [1.82, 2.24) is 0 Å². The Labute approximate surface area is 105 Å². The van der Waals surface area contributed by atoms with Crippen LogP contribution in [0.3, 0.4) is 0 Å². The van der Waals surface area contributed by atoms with Crippen molar-refractivity contribution in [1.29, 1.82) is 0 Å². The molecule has 0 fully saturated rings. The van der Waals surface area contributed by atoms with Crippen molar-refractivity contribution >= 4 is 0 Å². The van der Waals surface area contributed by atoms with Gasteiger partial charge in [0.25, 0.3) is 0 Å². The van der Waals surface area contributed by atoms with Gasteiger partial charge in [0.05, 0.1) is 0 Å². The van der Waals surface area contributed by atoms with Gasteiger partial charge in [-0.1, -0.05) is 0 Å². The first kappa shape index (κ1) is 353. The van der Waals surface area contributed by atoms with Gasteiger partial charge in [0.15, 0.2) is 0 Å². The normalized spacial score (nSPS) is 0. The maximum atomic E-state index is 0. The Morgan fingerprint density at radius 3 is 0.300 bits per heavy atom. The number of hydrogen-bond acceptors (Lipinski definition) is 0.